The second-order valence-electron chi connectivity index (χ2n) is 10.0. The lowest BCUT2D eigenvalue weighted by Gasteiger charge is -2.26. The van der Waals surface area contributed by atoms with Gasteiger partial charge in [-0.2, -0.15) is 22.0 Å². The van der Waals surface area contributed by atoms with Crippen LogP contribution >= 0.6 is 23.8 Å². The van der Waals surface area contributed by atoms with Gasteiger partial charge in [-0.25, -0.2) is 4.89 Å². The Morgan fingerprint density at radius 3 is 1.84 bits per heavy atom. The summed E-state index contributed by atoms with van der Waals surface area (Å²) in [4.78, 5) is 17.5. The largest absolute Gasteiger partial charge is 0.445 e. The van der Waals surface area contributed by atoms with Crippen molar-refractivity contribution in [2.45, 2.75) is 81.7 Å². The summed E-state index contributed by atoms with van der Waals surface area (Å²) in [5.41, 5.74) is 0. The third-order valence-corrected chi connectivity index (χ3v) is 7.41. The van der Waals surface area contributed by atoms with E-state index in [-0.39, 0.29) is 0 Å². The minimum Gasteiger partial charge on any atom is -0.445 e. The molecule has 0 amide bonds. The molecule has 2 aromatic carbocycles. The summed E-state index contributed by atoms with van der Waals surface area (Å²) in [6.07, 6.45) is 5.94. The molecule has 0 spiro atoms. The van der Waals surface area contributed by atoms with Crippen molar-refractivity contribution in [1.82, 2.24) is 0 Å². The second kappa shape index (κ2) is 22.2. The summed E-state index contributed by atoms with van der Waals surface area (Å²) in [5, 5.41) is -1.05. The number of carbonyl (C=O) groups is 1. The van der Waals surface area contributed by atoms with Crippen molar-refractivity contribution in [3.63, 3.8) is 0 Å². The van der Waals surface area contributed by atoms with Crippen LogP contribution in [-0.4, -0.2) is 30.6 Å². The van der Waals surface area contributed by atoms with Gasteiger partial charge in [-0.05, 0) is 30.9 Å². The van der Waals surface area contributed by atoms with E-state index in [4.69, 9.17) is 0 Å². The summed E-state index contributed by atoms with van der Waals surface area (Å²) in [7, 11) is 0.888. The molecule has 0 radical (unpaired) electrons. The van der Waals surface area contributed by atoms with Gasteiger partial charge in [0.25, 0.3) is 6.10 Å². The van der Waals surface area contributed by atoms with E-state index < -0.39 is 41.5 Å². The fourth-order valence-electron chi connectivity index (χ4n) is 3.51. The monoisotopic (exact) mass is 664 g/mol. The number of hydrogen-bond acceptors (Lipinski definition) is 7. The molecular weight excluding hydrogens is 623 g/mol. The van der Waals surface area contributed by atoms with E-state index >= 15 is 0 Å². The van der Waals surface area contributed by atoms with E-state index in [0.29, 0.717) is 0 Å². The fourth-order valence-corrected chi connectivity index (χ4v) is 4.89. The maximum Gasteiger partial charge on any atom is 0.432 e. The molecule has 0 aromatic heterocycles. The van der Waals surface area contributed by atoms with E-state index in [9.17, 15) is 26.7 Å². The van der Waals surface area contributed by atoms with Crippen LogP contribution in [0.15, 0.2) is 94.8 Å². The fraction of sp³-hybridized carbons (Fsp3) is 0.469. The number of ether oxygens (including phenoxy) is 1. The van der Waals surface area contributed by atoms with Crippen LogP contribution in [0.5, 0.6) is 0 Å². The van der Waals surface area contributed by atoms with Crippen molar-refractivity contribution in [2.24, 2.45) is 11.8 Å². The molecule has 0 N–H and O–H groups in total. The topological polar surface area (TPSA) is 54.0 Å². The zero-order chi connectivity index (χ0) is 32.8. The van der Waals surface area contributed by atoms with Crippen LogP contribution in [-0.2, 0) is 23.8 Å². The van der Waals surface area contributed by atoms with Gasteiger partial charge in [0.1, 0.15) is 12.0 Å². The predicted molar refractivity (Wildman–Crippen MR) is 165 cm³/mol. The Labute approximate surface area is 265 Å². The van der Waals surface area contributed by atoms with Gasteiger partial charge in [-0.15, -0.1) is 4.33 Å². The lowest BCUT2D eigenvalue weighted by atomic mass is 10.2. The predicted octanol–water partition coefficient (Wildman–Crippen LogP) is 10.8. The van der Waals surface area contributed by atoms with Crippen molar-refractivity contribution in [3.8, 4) is 0 Å². The van der Waals surface area contributed by atoms with Gasteiger partial charge in [0.15, 0.2) is 0 Å². The van der Waals surface area contributed by atoms with Crippen LogP contribution < -0.4 is 0 Å². The van der Waals surface area contributed by atoms with Gasteiger partial charge in [-0.1, -0.05) is 136 Å². The van der Waals surface area contributed by atoms with Crippen LogP contribution in [0, 0.1) is 11.8 Å². The van der Waals surface area contributed by atoms with Gasteiger partial charge < -0.3 is 4.74 Å². The average molecular weight is 665 g/mol. The maximum atomic E-state index is 13.2. The first kappa shape index (κ1) is 39.6. The summed E-state index contributed by atoms with van der Waals surface area (Å²) < 4.78 is 71.2. The third kappa shape index (κ3) is 18.4. The zero-order valence-electron chi connectivity index (χ0n) is 25.3. The lowest BCUT2D eigenvalue weighted by Crippen LogP contribution is -2.47. The van der Waals surface area contributed by atoms with E-state index in [1.165, 1.54) is 62.2 Å². The number of allylic oxidation sites excluding steroid dienone is 3. The third-order valence-electron chi connectivity index (χ3n) is 5.80. The highest BCUT2D eigenvalue weighted by atomic mass is 32.2. The van der Waals surface area contributed by atoms with Crippen LogP contribution in [0.1, 0.15) is 59.3 Å². The first-order valence-electron chi connectivity index (χ1n) is 14.2. The molecule has 5 nitrogen and oxygen atoms in total. The van der Waals surface area contributed by atoms with Gasteiger partial charge in [0.2, 0.25) is 0 Å². The molecule has 4 rings (SSSR count). The summed E-state index contributed by atoms with van der Waals surface area (Å²) in [5.74, 6) is -1.37. The van der Waals surface area contributed by atoms with E-state index in [2.05, 4.69) is 74.5 Å². The van der Waals surface area contributed by atoms with Gasteiger partial charge in [0, 0.05) is 9.80 Å². The molecule has 0 heterocycles. The number of rotatable bonds is 9. The molecule has 1 atom stereocenters. The maximum absolute atomic E-state index is 13.2. The molecule has 0 bridgehead atoms. The number of alkyl halides is 5. The lowest BCUT2D eigenvalue weighted by molar-refractivity contribution is -0.449. The molecule has 2 aromatic rings. The zero-order valence-corrected chi connectivity index (χ0v) is 26.9. The summed E-state index contributed by atoms with van der Waals surface area (Å²) in [6.45, 7) is 4.74. The molecule has 1 unspecified atom stereocenters. The standard InChI is InChI=1S/C12H12S.C8H11F5O5S.C6H12.C6H6/c1-3-7-11(8-4-1)13-12-9-5-2-6-10-12;1-4(2)5(14)16-6(7(9,10)11)8(12,13)19-18-17-15-3;1-6-4-2-3-5-6;1-2-4-6-5-3-1/h1,3-5,7-10H,2,6H2;4,6H,1-3H3;6H,2-5H2,1H3;1-6H. The van der Waals surface area contributed by atoms with Crippen molar-refractivity contribution in [3.05, 3.63) is 89.9 Å². The van der Waals surface area contributed by atoms with Crippen molar-refractivity contribution in [1.29, 1.82) is 0 Å². The molecule has 1 fully saturated rings. The first-order chi connectivity index (χ1) is 20.9. The van der Waals surface area contributed by atoms with Crippen molar-refractivity contribution in [2.75, 3.05) is 7.11 Å². The highest BCUT2D eigenvalue weighted by molar-refractivity contribution is 8.03. The number of benzene rings is 2. The Hall–Kier alpha value is -2.38. The number of esters is 1. The number of carbonyl (C=O) groups excluding carboxylic acids is 1. The normalized spacial score (nSPS) is 15.5. The molecule has 246 valence electrons. The minimum atomic E-state index is -5.47. The molecule has 44 heavy (non-hydrogen) atoms. The van der Waals surface area contributed by atoms with Gasteiger partial charge in [-0.3, -0.25) is 4.79 Å². The van der Waals surface area contributed by atoms with E-state index in [1.54, 1.807) is 0 Å². The number of thioether (sulfide) groups is 1. The van der Waals surface area contributed by atoms with Crippen molar-refractivity contribution >= 4 is 29.8 Å². The quantitative estimate of drug-likeness (QED) is 0.0660. The van der Waals surface area contributed by atoms with Gasteiger partial charge >= 0.3 is 17.4 Å². The minimum absolute atomic E-state index is 0.888. The first-order valence-corrected chi connectivity index (χ1v) is 15.7. The number of hydrogen-bond donors (Lipinski definition) is 0. The molecule has 2 aliphatic rings. The number of halogens is 5. The smallest absolute Gasteiger partial charge is 0.432 e. The van der Waals surface area contributed by atoms with E-state index in [1.807, 2.05) is 48.2 Å². The van der Waals surface area contributed by atoms with Crippen LogP contribution in [0.25, 0.3) is 0 Å². The molecular formula is C32H41F5O5S2. The Balaban J connectivity index is 0.000000327. The second-order valence-corrected chi connectivity index (χ2v) is 12.0. The molecule has 2 aliphatic carbocycles. The van der Waals surface area contributed by atoms with Crippen LogP contribution in [0.3, 0.4) is 0 Å². The Kier molecular flexibility index (Phi) is 20.0. The Morgan fingerprint density at radius 1 is 0.886 bits per heavy atom. The Morgan fingerprint density at radius 2 is 1.43 bits per heavy atom. The van der Waals surface area contributed by atoms with E-state index in [0.717, 1.165) is 13.0 Å². The Bertz CT molecular complexity index is 1050. The molecule has 0 aliphatic heterocycles. The SMILES string of the molecule is C1=CC(Sc2ccccc2)=CCC1.CC1CCCC1.COOOSC(F)(F)C(OC(=O)C(C)C)C(F)(F)F.c1ccccc1. The van der Waals surface area contributed by atoms with Crippen LogP contribution in [0.4, 0.5) is 22.0 Å². The van der Waals surface area contributed by atoms with Crippen molar-refractivity contribution < 1.29 is 45.7 Å². The van der Waals surface area contributed by atoms with Gasteiger partial charge in [0.05, 0.1) is 13.0 Å². The molecule has 0 saturated heterocycles. The highest BCUT2D eigenvalue weighted by Crippen LogP contribution is 2.43. The van der Waals surface area contributed by atoms with Crippen LogP contribution in [0.2, 0.25) is 0 Å². The summed E-state index contributed by atoms with van der Waals surface area (Å²) >= 11 is 0.853. The average Bonchev–Trinajstić information content (AvgIpc) is 3.49. The highest BCUT2D eigenvalue weighted by Gasteiger charge is 2.60. The molecule has 1 saturated carbocycles. The summed E-state index contributed by atoms with van der Waals surface area (Å²) in [6, 6.07) is 22.5. The molecule has 12 heteroatoms.